The number of carbonyl (C=O) groups is 1. The maximum Gasteiger partial charge on any atom is 0.234 e. The van der Waals surface area contributed by atoms with E-state index in [4.69, 9.17) is 15.7 Å². The van der Waals surface area contributed by atoms with Crippen LogP contribution in [0.15, 0.2) is 22.0 Å². The standard InChI is InChI=1S/C13H19N3O3S/c14-11(16-18)13(3-6-19-7-4-13)12(17)15-5-1-10-2-8-20-9-10/h2,8-9,18H,1,3-7H2,(H2,14,16)(H,15,17). The van der Waals surface area contributed by atoms with Crippen LogP contribution in [0, 0.1) is 5.41 Å². The van der Waals surface area contributed by atoms with E-state index in [2.05, 4.69) is 15.9 Å². The van der Waals surface area contributed by atoms with Crippen molar-refractivity contribution in [1.82, 2.24) is 5.32 Å². The van der Waals surface area contributed by atoms with Gasteiger partial charge in [-0.05, 0) is 41.7 Å². The van der Waals surface area contributed by atoms with Crippen LogP contribution in [0.25, 0.3) is 0 Å². The predicted octanol–water partition coefficient (Wildman–Crippen LogP) is 0.950. The van der Waals surface area contributed by atoms with Crippen molar-refractivity contribution in [3.05, 3.63) is 22.4 Å². The molecule has 0 atom stereocenters. The first-order valence-corrected chi connectivity index (χ1v) is 7.48. The second-order valence-corrected chi connectivity index (χ2v) is 5.60. The number of carbonyl (C=O) groups excluding carboxylic acids is 1. The number of rotatable bonds is 5. The number of nitrogens with two attached hydrogens (primary N) is 1. The quantitative estimate of drug-likeness (QED) is 0.326. The highest BCUT2D eigenvalue weighted by Crippen LogP contribution is 2.31. The van der Waals surface area contributed by atoms with E-state index >= 15 is 0 Å². The number of hydrogen-bond acceptors (Lipinski definition) is 5. The molecular weight excluding hydrogens is 278 g/mol. The van der Waals surface area contributed by atoms with Gasteiger partial charge >= 0.3 is 0 Å². The molecule has 0 saturated carbocycles. The fraction of sp³-hybridized carbons (Fsp3) is 0.538. The molecule has 1 amide bonds. The molecule has 0 spiro atoms. The summed E-state index contributed by atoms with van der Waals surface area (Å²) in [6.45, 7) is 1.42. The van der Waals surface area contributed by atoms with E-state index in [1.807, 2.05) is 11.4 Å². The molecule has 1 fully saturated rings. The molecule has 6 nitrogen and oxygen atoms in total. The van der Waals surface area contributed by atoms with Crippen LogP contribution >= 0.6 is 11.3 Å². The third-order valence-electron chi connectivity index (χ3n) is 3.66. The van der Waals surface area contributed by atoms with E-state index < -0.39 is 5.41 Å². The Morgan fingerprint density at radius 2 is 2.30 bits per heavy atom. The maximum absolute atomic E-state index is 12.4. The highest BCUT2D eigenvalue weighted by Gasteiger charge is 2.44. The Morgan fingerprint density at radius 3 is 2.90 bits per heavy atom. The molecule has 1 aliphatic rings. The summed E-state index contributed by atoms with van der Waals surface area (Å²) in [6.07, 6.45) is 1.65. The van der Waals surface area contributed by atoms with Gasteiger partial charge in [0, 0.05) is 19.8 Å². The zero-order valence-electron chi connectivity index (χ0n) is 11.2. The van der Waals surface area contributed by atoms with E-state index in [1.165, 1.54) is 5.56 Å². The van der Waals surface area contributed by atoms with Gasteiger partial charge in [-0.1, -0.05) is 5.16 Å². The van der Waals surface area contributed by atoms with Gasteiger partial charge in [0.1, 0.15) is 5.41 Å². The number of nitrogens with zero attached hydrogens (tertiary/aromatic N) is 1. The van der Waals surface area contributed by atoms with Gasteiger partial charge in [-0.25, -0.2) is 0 Å². The summed E-state index contributed by atoms with van der Waals surface area (Å²) >= 11 is 1.63. The largest absolute Gasteiger partial charge is 0.409 e. The van der Waals surface area contributed by atoms with Crippen molar-refractivity contribution < 1.29 is 14.7 Å². The monoisotopic (exact) mass is 297 g/mol. The molecule has 1 saturated heterocycles. The third-order valence-corrected chi connectivity index (χ3v) is 4.39. The lowest BCUT2D eigenvalue weighted by atomic mass is 9.78. The molecule has 110 valence electrons. The molecule has 0 aliphatic carbocycles. The smallest absolute Gasteiger partial charge is 0.234 e. The maximum atomic E-state index is 12.4. The summed E-state index contributed by atoms with van der Waals surface area (Å²) in [5, 5.41) is 18.9. The van der Waals surface area contributed by atoms with Crippen LogP contribution in [0.5, 0.6) is 0 Å². The van der Waals surface area contributed by atoms with E-state index in [9.17, 15) is 4.79 Å². The molecule has 0 unspecified atom stereocenters. The van der Waals surface area contributed by atoms with E-state index in [-0.39, 0.29) is 11.7 Å². The molecule has 20 heavy (non-hydrogen) atoms. The highest BCUT2D eigenvalue weighted by atomic mass is 32.1. The van der Waals surface area contributed by atoms with E-state index in [1.54, 1.807) is 11.3 Å². The first-order chi connectivity index (χ1) is 9.69. The highest BCUT2D eigenvalue weighted by molar-refractivity contribution is 7.07. The Kier molecular flexibility index (Phi) is 4.97. The summed E-state index contributed by atoms with van der Waals surface area (Å²) < 4.78 is 5.26. The van der Waals surface area contributed by atoms with Crippen molar-refractivity contribution in [1.29, 1.82) is 0 Å². The summed E-state index contributed by atoms with van der Waals surface area (Å²) in [6, 6.07) is 2.03. The number of amides is 1. The minimum absolute atomic E-state index is 0.0335. The normalized spacial score (nSPS) is 18.7. The summed E-state index contributed by atoms with van der Waals surface area (Å²) in [5.74, 6) is -0.222. The minimum Gasteiger partial charge on any atom is -0.409 e. The van der Waals surface area contributed by atoms with Crippen molar-refractivity contribution in [2.45, 2.75) is 19.3 Å². The summed E-state index contributed by atoms with van der Waals surface area (Å²) in [5.41, 5.74) is 5.99. The molecule has 1 aliphatic heterocycles. The van der Waals surface area contributed by atoms with Gasteiger partial charge in [0.25, 0.3) is 0 Å². The number of amidine groups is 1. The molecule has 1 aromatic rings. The molecule has 7 heteroatoms. The Balaban J connectivity index is 1.96. The average Bonchev–Trinajstić information content (AvgIpc) is 3.00. The zero-order valence-corrected chi connectivity index (χ0v) is 12.0. The summed E-state index contributed by atoms with van der Waals surface area (Å²) in [7, 11) is 0. The van der Waals surface area contributed by atoms with Crippen LogP contribution in [-0.2, 0) is 16.0 Å². The Bertz CT molecular complexity index is 467. The van der Waals surface area contributed by atoms with Gasteiger partial charge in [-0.15, -0.1) is 0 Å². The van der Waals surface area contributed by atoms with Crippen LogP contribution in [0.1, 0.15) is 18.4 Å². The molecular formula is C13H19N3O3S. The van der Waals surface area contributed by atoms with Crippen molar-refractivity contribution >= 4 is 23.1 Å². The predicted molar refractivity (Wildman–Crippen MR) is 76.9 cm³/mol. The molecule has 1 aromatic heterocycles. The SMILES string of the molecule is NC(=NO)C1(C(=O)NCCc2ccsc2)CCOCC1. The number of oxime groups is 1. The topological polar surface area (TPSA) is 96.9 Å². The fourth-order valence-corrected chi connectivity index (χ4v) is 3.04. The second-order valence-electron chi connectivity index (χ2n) is 4.82. The molecule has 2 rings (SSSR count). The Labute approximate surface area is 121 Å². The number of ether oxygens (including phenoxy) is 1. The van der Waals surface area contributed by atoms with Crippen LogP contribution in [0.3, 0.4) is 0 Å². The Hall–Kier alpha value is -1.60. The molecule has 2 heterocycles. The lowest BCUT2D eigenvalue weighted by Gasteiger charge is -2.34. The van der Waals surface area contributed by atoms with Gasteiger partial charge in [0.2, 0.25) is 5.91 Å². The van der Waals surface area contributed by atoms with Crippen LogP contribution in [0.2, 0.25) is 0 Å². The Morgan fingerprint density at radius 1 is 1.55 bits per heavy atom. The minimum atomic E-state index is -0.943. The molecule has 4 N–H and O–H groups in total. The van der Waals surface area contributed by atoms with Crippen molar-refractivity contribution in [3.8, 4) is 0 Å². The van der Waals surface area contributed by atoms with Gasteiger partial charge in [-0.3, -0.25) is 4.79 Å². The average molecular weight is 297 g/mol. The molecule has 0 radical (unpaired) electrons. The van der Waals surface area contributed by atoms with Gasteiger partial charge in [-0.2, -0.15) is 11.3 Å². The third kappa shape index (κ3) is 3.10. The van der Waals surface area contributed by atoms with Crippen LogP contribution < -0.4 is 11.1 Å². The van der Waals surface area contributed by atoms with Gasteiger partial charge in [0.15, 0.2) is 5.84 Å². The van der Waals surface area contributed by atoms with E-state index in [0.29, 0.717) is 32.6 Å². The molecule has 0 aromatic carbocycles. The van der Waals surface area contributed by atoms with E-state index in [0.717, 1.165) is 6.42 Å². The lowest BCUT2D eigenvalue weighted by Crippen LogP contribution is -2.53. The van der Waals surface area contributed by atoms with Crippen molar-refractivity contribution in [2.24, 2.45) is 16.3 Å². The van der Waals surface area contributed by atoms with Gasteiger partial charge < -0.3 is 21.0 Å². The van der Waals surface area contributed by atoms with Crippen LogP contribution in [0.4, 0.5) is 0 Å². The summed E-state index contributed by atoms with van der Waals surface area (Å²) in [4.78, 5) is 12.4. The molecule has 0 bridgehead atoms. The van der Waals surface area contributed by atoms with Crippen molar-refractivity contribution in [2.75, 3.05) is 19.8 Å². The number of hydrogen-bond donors (Lipinski definition) is 3. The number of thiophene rings is 1. The lowest BCUT2D eigenvalue weighted by molar-refractivity contribution is -0.131. The first-order valence-electron chi connectivity index (χ1n) is 6.54. The first kappa shape index (κ1) is 14.8. The zero-order chi connectivity index (χ0) is 14.4. The van der Waals surface area contributed by atoms with Crippen molar-refractivity contribution in [3.63, 3.8) is 0 Å². The van der Waals surface area contributed by atoms with Gasteiger partial charge in [0.05, 0.1) is 0 Å². The second kappa shape index (κ2) is 6.71. The van der Waals surface area contributed by atoms with Crippen LogP contribution in [-0.4, -0.2) is 36.7 Å². The fourth-order valence-electron chi connectivity index (χ4n) is 2.34. The number of nitrogens with one attached hydrogen (secondary N) is 1.